The third-order valence-corrected chi connectivity index (χ3v) is 3.22. The Morgan fingerprint density at radius 1 is 1.29 bits per heavy atom. The normalized spacial score (nSPS) is 11.6. The minimum atomic E-state index is -0.918. The number of nitrogens with two attached hydrogens (primary N) is 1. The molecule has 0 amide bonds. The minimum absolute atomic E-state index is 0.00185. The maximum atomic E-state index is 12.9. The lowest BCUT2D eigenvalue weighted by atomic mass is 10.1. The predicted octanol–water partition coefficient (Wildman–Crippen LogP) is 2.57. The molecule has 0 aliphatic rings. The van der Waals surface area contributed by atoms with Crippen molar-refractivity contribution in [3.05, 3.63) is 64.0 Å². The molecule has 2 N–H and O–H groups in total. The Morgan fingerprint density at radius 2 is 1.96 bits per heavy atom. The largest absolute Gasteiger partial charge is 0.468 e. The predicted molar refractivity (Wildman–Crippen MR) is 83.3 cm³/mol. The highest BCUT2D eigenvalue weighted by atomic mass is 19.1. The highest BCUT2D eigenvalue weighted by Crippen LogP contribution is 2.32. The van der Waals surface area contributed by atoms with E-state index in [0.29, 0.717) is 5.56 Å². The number of hydrogen-bond acceptors (Lipinski definition) is 6. The number of methoxy groups -OCH3 is 1. The summed E-state index contributed by atoms with van der Waals surface area (Å²) in [5.41, 5.74) is 5.86. The fourth-order valence-corrected chi connectivity index (χ4v) is 2.04. The van der Waals surface area contributed by atoms with Gasteiger partial charge in [-0.1, -0.05) is 6.07 Å². The molecule has 2 aromatic carbocycles. The molecule has 24 heavy (non-hydrogen) atoms. The van der Waals surface area contributed by atoms with Crippen LogP contribution in [0, 0.1) is 15.9 Å². The average molecular weight is 334 g/mol. The number of hydrogen-bond donors (Lipinski definition) is 1. The number of esters is 1. The van der Waals surface area contributed by atoms with Gasteiger partial charge in [0.2, 0.25) is 5.75 Å². The first-order valence-corrected chi connectivity index (χ1v) is 6.95. The third-order valence-electron chi connectivity index (χ3n) is 3.22. The van der Waals surface area contributed by atoms with Gasteiger partial charge in [-0.3, -0.25) is 14.9 Å². The van der Waals surface area contributed by atoms with Gasteiger partial charge in [0.1, 0.15) is 17.6 Å². The van der Waals surface area contributed by atoms with Crippen molar-refractivity contribution >= 4 is 11.7 Å². The van der Waals surface area contributed by atoms with Crippen molar-refractivity contribution in [3.8, 4) is 11.5 Å². The van der Waals surface area contributed by atoms with Crippen LogP contribution in [0.5, 0.6) is 11.5 Å². The number of nitro groups is 1. The van der Waals surface area contributed by atoms with Crippen LogP contribution in [-0.4, -0.2) is 24.0 Å². The number of benzene rings is 2. The van der Waals surface area contributed by atoms with Gasteiger partial charge >= 0.3 is 11.7 Å². The first kappa shape index (κ1) is 17.4. The SMILES string of the molecule is COC(=O)C(N)Cc1ccc(Oc2ccc(F)cc2)c([N+](=O)[O-])c1. The summed E-state index contributed by atoms with van der Waals surface area (Å²) < 4.78 is 22.8. The van der Waals surface area contributed by atoms with Crippen LogP contribution in [0.25, 0.3) is 0 Å². The zero-order valence-electron chi connectivity index (χ0n) is 12.8. The number of carbonyl (C=O) groups excluding carboxylic acids is 1. The molecule has 0 aliphatic carbocycles. The molecule has 0 radical (unpaired) electrons. The molecule has 0 saturated carbocycles. The Bertz CT molecular complexity index is 749. The van der Waals surface area contributed by atoms with E-state index in [-0.39, 0.29) is 23.6 Å². The lowest BCUT2D eigenvalue weighted by Gasteiger charge is -2.11. The molecule has 8 heteroatoms. The van der Waals surface area contributed by atoms with Gasteiger partial charge in [-0.2, -0.15) is 0 Å². The maximum absolute atomic E-state index is 12.9. The summed E-state index contributed by atoms with van der Waals surface area (Å²) in [5.74, 6) is -0.784. The zero-order valence-corrected chi connectivity index (χ0v) is 12.8. The molecule has 126 valence electrons. The Morgan fingerprint density at radius 3 is 2.54 bits per heavy atom. The van der Waals surface area contributed by atoms with Gasteiger partial charge in [-0.05, 0) is 42.3 Å². The fourth-order valence-electron chi connectivity index (χ4n) is 2.04. The average Bonchev–Trinajstić information content (AvgIpc) is 2.57. The van der Waals surface area contributed by atoms with Crippen LogP contribution in [-0.2, 0) is 16.0 Å². The number of nitro benzene ring substituents is 1. The molecule has 0 aromatic heterocycles. The molecule has 0 saturated heterocycles. The Labute approximate surface area is 136 Å². The molecule has 2 rings (SSSR count). The van der Waals surface area contributed by atoms with Crippen molar-refractivity contribution in [2.45, 2.75) is 12.5 Å². The van der Waals surface area contributed by atoms with Crippen molar-refractivity contribution in [1.82, 2.24) is 0 Å². The molecule has 0 heterocycles. The number of rotatable bonds is 6. The first-order valence-electron chi connectivity index (χ1n) is 6.95. The van der Waals surface area contributed by atoms with E-state index in [1.165, 1.54) is 43.5 Å². The van der Waals surface area contributed by atoms with E-state index in [4.69, 9.17) is 10.5 Å². The summed E-state index contributed by atoms with van der Waals surface area (Å²) in [4.78, 5) is 22.0. The summed E-state index contributed by atoms with van der Waals surface area (Å²) in [7, 11) is 1.21. The van der Waals surface area contributed by atoms with Crippen LogP contribution < -0.4 is 10.5 Å². The van der Waals surface area contributed by atoms with Crippen LogP contribution in [0.2, 0.25) is 0 Å². The molecular weight excluding hydrogens is 319 g/mol. The van der Waals surface area contributed by atoms with E-state index in [2.05, 4.69) is 4.74 Å². The number of halogens is 1. The number of nitrogens with zero attached hydrogens (tertiary/aromatic N) is 1. The van der Waals surface area contributed by atoms with Gasteiger partial charge in [0, 0.05) is 6.07 Å². The Kier molecular flexibility index (Phi) is 5.43. The minimum Gasteiger partial charge on any atom is -0.468 e. The number of carbonyl (C=O) groups is 1. The van der Waals surface area contributed by atoms with Crippen LogP contribution in [0.15, 0.2) is 42.5 Å². The van der Waals surface area contributed by atoms with Crippen LogP contribution in [0.3, 0.4) is 0 Å². The Hall–Kier alpha value is -3.00. The van der Waals surface area contributed by atoms with Gasteiger partial charge in [0.05, 0.1) is 12.0 Å². The molecule has 0 fully saturated rings. The summed E-state index contributed by atoms with van der Waals surface area (Å²) in [6.45, 7) is 0. The molecule has 0 spiro atoms. The highest BCUT2D eigenvalue weighted by molar-refractivity contribution is 5.75. The van der Waals surface area contributed by atoms with Gasteiger partial charge in [0.25, 0.3) is 0 Å². The second-order valence-corrected chi connectivity index (χ2v) is 4.95. The second kappa shape index (κ2) is 7.51. The number of ether oxygens (including phenoxy) is 2. The standard InChI is InChI=1S/C16H15FN2O5/c1-23-16(20)13(18)8-10-2-7-15(14(9-10)19(21)22)24-12-5-3-11(17)4-6-12/h2-7,9,13H,8,18H2,1H3. The molecular formula is C16H15FN2O5. The topological polar surface area (TPSA) is 105 Å². The van der Waals surface area contributed by atoms with E-state index in [1.807, 2.05) is 0 Å². The van der Waals surface area contributed by atoms with Gasteiger partial charge in [0.15, 0.2) is 0 Å². The van der Waals surface area contributed by atoms with Crippen molar-refractivity contribution < 1.29 is 23.6 Å². The van der Waals surface area contributed by atoms with Gasteiger partial charge < -0.3 is 15.2 Å². The molecule has 1 unspecified atom stereocenters. The monoisotopic (exact) mass is 334 g/mol. The molecule has 0 bridgehead atoms. The van der Waals surface area contributed by atoms with Crippen LogP contribution >= 0.6 is 0 Å². The maximum Gasteiger partial charge on any atom is 0.322 e. The van der Waals surface area contributed by atoms with E-state index >= 15 is 0 Å². The molecule has 0 aliphatic heterocycles. The zero-order chi connectivity index (χ0) is 17.7. The quantitative estimate of drug-likeness (QED) is 0.494. The smallest absolute Gasteiger partial charge is 0.322 e. The molecule has 7 nitrogen and oxygen atoms in total. The van der Waals surface area contributed by atoms with Crippen LogP contribution in [0.4, 0.5) is 10.1 Å². The lowest BCUT2D eigenvalue weighted by Crippen LogP contribution is -2.33. The van der Waals surface area contributed by atoms with Crippen molar-refractivity contribution in [2.24, 2.45) is 5.73 Å². The summed E-state index contributed by atoms with van der Waals surface area (Å²) in [6, 6.07) is 8.42. The van der Waals surface area contributed by atoms with E-state index in [0.717, 1.165) is 0 Å². The van der Waals surface area contributed by atoms with Crippen molar-refractivity contribution in [1.29, 1.82) is 0 Å². The van der Waals surface area contributed by atoms with Crippen LogP contribution in [0.1, 0.15) is 5.56 Å². The van der Waals surface area contributed by atoms with E-state index in [9.17, 15) is 19.3 Å². The third kappa shape index (κ3) is 4.26. The lowest BCUT2D eigenvalue weighted by molar-refractivity contribution is -0.385. The van der Waals surface area contributed by atoms with Crippen molar-refractivity contribution in [2.75, 3.05) is 7.11 Å². The summed E-state index contributed by atoms with van der Waals surface area (Å²) in [6.07, 6.45) is 0.0876. The first-order chi connectivity index (χ1) is 11.4. The van der Waals surface area contributed by atoms with E-state index < -0.39 is 22.8 Å². The molecule has 2 aromatic rings. The van der Waals surface area contributed by atoms with E-state index in [1.54, 1.807) is 6.07 Å². The molecule has 1 atom stereocenters. The van der Waals surface area contributed by atoms with Gasteiger partial charge in [-0.15, -0.1) is 0 Å². The highest BCUT2D eigenvalue weighted by Gasteiger charge is 2.20. The fraction of sp³-hybridized carbons (Fsp3) is 0.188. The van der Waals surface area contributed by atoms with Crippen molar-refractivity contribution in [3.63, 3.8) is 0 Å². The summed E-state index contributed by atoms with van der Waals surface area (Å²) >= 11 is 0. The Balaban J connectivity index is 2.25. The summed E-state index contributed by atoms with van der Waals surface area (Å²) in [5, 5.41) is 11.2. The second-order valence-electron chi connectivity index (χ2n) is 4.95. The van der Waals surface area contributed by atoms with Gasteiger partial charge in [-0.25, -0.2) is 4.39 Å².